The Labute approximate surface area is 119 Å². The summed E-state index contributed by atoms with van der Waals surface area (Å²) in [5.41, 5.74) is 5.01. The largest absolute Gasteiger partial charge is 0.352 e. The Balaban J connectivity index is 2.17. The molecule has 106 valence electrons. The number of benzene rings is 1. The van der Waals surface area contributed by atoms with Crippen LogP contribution < -0.4 is 5.32 Å². The number of hydrogen-bond acceptors (Lipinski definition) is 1. The van der Waals surface area contributed by atoms with Gasteiger partial charge < -0.3 is 5.32 Å². The number of hydrogen-bond donors (Lipinski definition) is 1. The minimum atomic E-state index is -0.196. The van der Waals surface area contributed by atoms with Crippen LogP contribution in [-0.4, -0.2) is 12.5 Å². The normalized spacial score (nSPS) is 21.1. The predicted octanol–water partition coefficient (Wildman–Crippen LogP) is 3.41. The van der Waals surface area contributed by atoms with E-state index in [1.807, 2.05) is 6.92 Å². The first-order valence-corrected chi connectivity index (χ1v) is 7.30. The van der Waals surface area contributed by atoms with Crippen LogP contribution in [0.4, 0.5) is 4.39 Å². The molecule has 1 aromatic rings. The molecular weight excluding hydrogens is 253 g/mol. The van der Waals surface area contributed by atoms with Gasteiger partial charge in [-0.25, -0.2) is 4.39 Å². The second kappa shape index (κ2) is 4.72. The molecule has 1 aromatic carbocycles. The molecule has 1 N–H and O–H groups in total. The SMILES string of the molecule is CC1=C2C(=O)NCCC2c2c(CC(C)C)cc(F)cc21. The Morgan fingerprint density at radius 2 is 2.15 bits per heavy atom. The van der Waals surface area contributed by atoms with Gasteiger partial charge in [-0.1, -0.05) is 13.8 Å². The number of halogens is 1. The number of rotatable bonds is 2. The highest BCUT2D eigenvalue weighted by atomic mass is 19.1. The summed E-state index contributed by atoms with van der Waals surface area (Å²) in [6.07, 6.45) is 1.78. The lowest BCUT2D eigenvalue weighted by molar-refractivity contribution is -0.118. The summed E-state index contributed by atoms with van der Waals surface area (Å²) in [7, 11) is 0. The van der Waals surface area contributed by atoms with Crippen molar-refractivity contribution in [1.82, 2.24) is 5.32 Å². The fraction of sp³-hybridized carbons (Fsp3) is 0.471. The summed E-state index contributed by atoms with van der Waals surface area (Å²) in [5, 5.41) is 2.90. The lowest BCUT2D eigenvalue weighted by atomic mass is 9.84. The molecule has 1 fully saturated rings. The van der Waals surface area contributed by atoms with Gasteiger partial charge >= 0.3 is 0 Å². The quantitative estimate of drug-likeness (QED) is 0.879. The van der Waals surface area contributed by atoms with E-state index in [-0.39, 0.29) is 17.6 Å². The number of carbonyl (C=O) groups excluding carboxylic acids is 1. The first-order chi connectivity index (χ1) is 9.49. The van der Waals surface area contributed by atoms with Crippen LogP contribution >= 0.6 is 0 Å². The van der Waals surface area contributed by atoms with Gasteiger partial charge in [0.2, 0.25) is 5.91 Å². The van der Waals surface area contributed by atoms with Crippen LogP contribution in [0.25, 0.3) is 5.57 Å². The molecule has 3 rings (SSSR count). The van der Waals surface area contributed by atoms with Gasteiger partial charge in [0, 0.05) is 18.0 Å². The molecule has 1 heterocycles. The predicted molar refractivity (Wildman–Crippen MR) is 77.9 cm³/mol. The van der Waals surface area contributed by atoms with Gasteiger partial charge in [-0.2, -0.15) is 0 Å². The molecule has 0 saturated carbocycles. The van der Waals surface area contributed by atoms with Crippen molar-refractivity contribution in [3.8, 4) is 0 Å². The summed E-state index contributed by atoms with van der Waals surface area (Å²) in [6.45, 7) is 6.93. The maximum absolute atomic E-state index is 13.9. The number of allylic oxidation sites excluding steroid dienone is 1. The first-order valence-electron chi connectivity index (χ1n) is 7.30. The molecule has 0 aromatic heterocycles. The molecular formula is C17H20FNO. The van der Waals surface area contributed by atoms with Crippen LogP contribution in [-0.2, 0) is 11.2 Å². The Kier molecular flexibility index (Phi) is 3.15. The van der Waals surface area contributed by atoms with Gasteiger partial charge in [0.15, 0.2) is 0 Å². The molecule has 1 saturated heterocycles. The third kappa shape index (κ3) is 1.96. The summed E-state index contributed by atoms with van der Waals surface area (Å²) in [6, 6.07) is 3.24. The first kappa shape index (κ1) is 13.3. The van der Waals surface area contributed by atoms with Gasteiger partial charge in [0.05, 0.1) is 0 Å². The summed E-state index contributed by atoms with van der Waals surface area (Å²) >= 11 is 0. The average molecular weight is 273 g/mol. The van der Waals surface area contributed by atoms with E-state index in [0.29, 0.717) is 12.5 Å². The molecule has 0 radical (unpaired) electrons. The van der Waals surface area contributed by atoms with E-state index in [1.165, 1.54) is 5.56 Å². The van der Waals surface area contributed by atoms with Crippen LogP contribution in [0.5, 0.6) is 0 Å². The molecule has 3 heteroatoms. The standard InChI is InChI=1S/C17H20FNO/c1-9(2)6-11-7-12(18)8-14-10(3)15-13(16(11)14)4-5-19-17(15)20/h7-9,13H,4-6H2,1-3H3,(H,19,20). The molecule has 1 amide bonds. The summed E-state index contributed by atoms with van der Waals surface area (Å²) < 4.78 is 13.9. The number of nitrogens with one attached hydrogen (secondary N) is 1. The Hall–Kier alpha value is -1.64. The molecule has 2 aliphatic rings. The molecule has 1 aliphatic carbocycles. The van der Waals surface area contributed by atoms with Crippen molar-refractivity contribution in [2.75, 3.05) is 6.54 Å². The van der Waals surface area contributed by atoms with E-state index < -0.39 is 0 Å². The number of fused-ring (bicyclic) bond motifs is 3. The van der Waals surface area contributed by atoms with Gasteiger partial charge in [0.1, 0.15) is 5.82 Å². The topological polar surface area (TPSA) is 29.1 Å². The zero-order valence-corrected chi connectivity index (χ0v) is 12.2. The minimum absolute atomic E-state index is 0.0193. The Morgan fingerprint density at radius 1 is 1.40 bits per heavy atom. The third-order valence-corrected chi connectivity index (χ3v) is 4.33. The summed E-state index contributed by atoms with van der Waals surface area (Å²) in [4.78, 5) is 12.1. The van der Waals surface area contributed by atoms with Crippen LogP contribution in [0.2, 0.25) is 0 Å². The third-order valence-electron chi connectivity index (χ3n) is 4.33. The van der Waals surface area contributed by atoms with Crippen molar-refractivity contribution in [3.05, 3.63) is 40.2 Å². The van der Waals surface area contributed by atoms with Crippen molar-refractivity contribution in [3.63, 3.8) is 0 Å². The molecule has 2 nitrogen and oxygen atoms in total. The number of carbonyl (C=O) groups is 1. The van der Waals surface area contributed by atoms with Crippen molar-refractivity contribution < 1.29 is 9.18 Å². The molecule has 1 unspecified atom stereocenters. The summed E-state index contributed by atoms with van der Waals surface area (Å²) in [5.74, 6) is 0.458. The van der Waals surface area contributed by atoms with Crippen LogP contribution in [0.3, 0.4) is 0 Å². The van der Waals surface area contributed by atoms with Crippen molar-refractivity contribution >= 4 is 11.5 Å². The zero-order chi connectivity index (χ0) is 14.4. The van der Waals surface area contributed by atoms with Crippen LogP contribution in [0, 0.1) is 11.7 Å². The lowest BCUT2D eigenvalue weighted by Crippen LogP contribution is -2.34. The van der Waals surface area contributed by atoms with E-state index in [2.05, 4.69) is 19.2 Å². The fourth-order valence-corrected chi connectivity index (χ4v) is 3.60. The lowest BCUT2D eigenvalue weighted by Gasteiger charge is -2.24. The molecule has 1 atom stereocenters. The second-order valence-electron chi connectivity index (χ2n) is 6.26. The molecule has 0 spiro atoms. The van der Waals surface area contributed by atoms with Crippen molar-refractivity contribution in [2.45, 2.75) is 39.5 Å². The maximum Gasteiger partial charge on any atom is 0.248 e. The second-order valence-corrected chi connectivity index (χ2v) is 6.26. The zero-order valence-electron chi connectivity index (χ0n) is 12.2. The van der Waals surface area contributed by atoms with E-state index in [1.54, 1.807) is 12.1 Å². The van der Waals surface area contributed by atoms with E-state index in [9.17, 15) is 9.18 Å². The fourth-order valence-electron chi connectivity index (χ4n) is 3.60. The van der Waals surface area contributed by atoms with Crippen LogP contribution in [0.15, 0.2) is 17.7 Å². The van der Waals surface area contributed by atoms with E-state index >= 15 is 0 Å². The highest BCUT2D eigenvalue weighted by Gasteiger charge is 2.37. The van der Waals surface area contributed by atoms with Gasteiger partial charge in [-0.05, 0) is 60.1 Å². The monoisotopic (exact) mass is 273 g/mol. The highest BCUT2D eigenvalue weighted by Crippen LogP contribution is 2.47. The Bertz CT molecular complexity index is 616. The maximum atomic E-state index is 13.9. The smallest absolute Gasteiger partial charge is 0.248 e. The molecule has 0 bridgehead atoms. The minimum Gasteiger partial charge on any atom is -0.352 e. The molecule has 1 aliphatic heterocycles. The number of amides is 1. The number of piperidine rings is 1. The van der Waals surface area contributed by atoms with Gasteiger partial charge in [-0.3, -0.25) is 4.79 Å². The molecule has 20 heavy (non-hydrogen) atoms. The van der Waals surface area contributed by atoms with Crippen molar-refractivity contribution in [2.24, 2.45) is 5.92 Å². The average Bonchev–Trinajstić information content (AvgIpc) is 2.63. The van der Waals surface area contributed by atoms with Crippen molar-refractivity contribution in [1.29, 1.82) is 0 Å². The van der Waals surface area contributed by atoms with Gasteiger partial charge in [0.25, 0.3) is 0 Å². The Morgan fingerprint density at radius 3 is 2.85 bits per heavy atom. The highest BCUT2D eigenvalue weighted by molar-refractivity contribution is 6.06. The van der Waals surface area contributed by atoms with Crippen LogP contribution in [0.1, 0.15) is 49.8 Å². The van der Waals surface area contributed by atoms with Gasteiger partial charge in [-0.15, -0.1) is 0 Å². The van der Waals surface area contributed by atoms with E-state index in [0.717, 1.165) is 35.1 Å². The van der Waals surface area contributed by atoms with E-state index in [4.69, 9.17) is 0 Å².